The molecule has 0 radical (unpaired) electrons. The molecule has 0 aromatic heterocycles. The zero-order chi connectivity index (χ0) is 15.0. The van der Waals surface area contributed by atoms with E-state index in [0.717, 1.165) is 28.0 Å². The quantitative estimate of drug-likeness (QED) is 0.881. The van der Waals surface area contributed by atoms with Crippen molar-refractivity contribution in [2.45, 2.75) is 20.0 Å². The van der Waals surface area contributed by atoms with Gasteiger partial charge >= 0.3 is 0 Å². The van der Waals surface area contributed by atoms with E-state index >= 15 is 0 Å². The van der Waals surface area contributed by atoms with Crippen molar-refractivity contribution in [2.75, 3.05) is 12.8 Å². The average Bonchev–Trinajstić information content (AvgIpc) is 2.76. The van der Waals surface area contributed by atoms with Crippen molar-refractivity contribution in [1.29, 1.82) is 0 Å². The van der Waals surface area contributed by atoms with E-state index in [0.29, 0.717) is 18.8 Å². The normalized spacial score (nSPS) is 13.4. The number of fused-ring (bicyclic) bond motifs is 1. The van der Waals surface area contributed by atoms with Crippen molar-refractivity contribution in [3.63, 3.8) is 0 Å². The lowest BCUT2D eigenvalue weighted by atomic mass is 10.1. The molecular weight excluding hydrogens is 264 g/mol. The lowest BCUT2D eigenvalue weighted by Crippen LogP contribution is -2.23. The predicted molar refractivity (Wildman–Crippen MR) is 82.2 cm³/mol. The number of aryl methyl sites for hydroxylation is 1. The highest BCUT2D eigenvalue weighted by atomic mass is 16.5. The third-order valence-electron chi connectivity index (χ3n) is 3.81. The van der Waals surface area contributed by atoms with Crippen molar-refractivity contribution in [3.05, 3.63) is 58.7 Å². The van der Waals surface area contributed by atoms with Gasteiger partial charge < -0.3 is 15.4 Å². The summed E-state index contributed by atoms with van der Waals surface area (Å²) in [5.74, 6) is 0.867. The lowest BCUT2D eigenvalue weighted by Gasteiger charge is -2.18. The van der Waals surface area contributed by atoms with Crippen LogP contribution in [0.2, 0.25) is 0 Å². The number of anilines is 1. The van der Waals surface area contributed by atoms with Crippen LogP contribution in [0.1, 0.15) is 27.0 Å². The van der Waals surface area contributed by atoms with Gasteiger partial charge in [-0.05, 0) is 42.3 Å². The fraction of sp³-hybridized carbons (Fsp3) is 0.235. The number of benzene rings is 2. The molecule has 0 saturated heterocycles. The Balaban J connectivity index is 1.86. The molecule has 0 spiro atoms. The maximum Gasteiger partial charge on any atom is 0.254 e. The minimum atomic E-state index is 0.0487. The molecule has 4 nitrogen and oxygen atoms in total. The first-order valence-electron chi connectivity index (χ1n) is 6.89. The van der Waals surface area contributed by atoms with E-state index in [4.69, 9.17) is 10.5 Å². The molecule has 108 valence electrons. The van der Waals surface area contributed by atoms with Gasteiger partial charge in [0.2, 0.25) is 0 Å². The van der Waals surface area contributed by atoms with E-state index in [1.54, 1.807) is 19.2 Å². The van der Waals surface area contributed by atoms with Crippen LogP contribution in [0.5, 0.6) is 5.75 Å². The second kappa shape index (κ2) is 5.13. The zero-order valence-corrected chi connectivity index (χ0v) is 12.2. The van der Waals surface area contributed by atoms with Gasteiger partial charge in [-0.1, -0.05) is 12.1 Å². The monoisotopic (exact) mass is 282 g/mol. The molecule has 0 atom stereocenters. The molecule has 2 aromatic rings. The Morgan fingerprint density at radius 2 is 2.05 bits per heavy atom. The van der Waals surface area contributed by atoms with Gasteiger partial charge in [0.15, 0.2) is 0 Å². The summed E-state index contributed by atoms with van der Waals surface area (Å²) in [6.45, 7) is 3.15. The van der Waals surface area contributed by atoms with E-state index < -0.39 is 0 Å². The first-order valence-corrected chi connectivity index (χ1v) is 6.89. The highest BCUT2D eigenvalue weighted by molar-refractivity contribution is 5.98. The lowest BCUT2D eigenvalue weighted by molar-refractivity contribution is 0.0765. The molecule has 1 amide bonds. The molecule has 1 aliphatic rings. The molecule has 1 aliphatic heterocycles. The van der Waals surface area contributed by atoms with Crippen LogP contribution in [0.25, 0.3) is 0 Å². The molecule has 2 aromatic carbocycles. The fourth-order valence-electron chi connectivity index (χ4n) is 2.72. The van der Waals surface area contributed by atoms with Gasteiger partial charge in [-0.2, -0.15) is 0 Å². The third-order valence-corrected chi connectivity index (χ3v) is 3.81. The number of carbonyl (C=O) groups is 1. The summed E-state index contributed by atoms with van der Waals surface area (Å²) in [5, 5.41) is 0. The van der Waals surface area contributed by atoms with E-state index in [2.05, 4.69) is 0 Å². The molecule has 1 heterocycles. The fourth-order valence-corrected chi connectivity index (χ4v) is 2.72. The van der Waals surface area contributed by atoms with Gasteiger partial charge in [-0.3, -0.25) is 4.79 Å². The maximum atomic E-state index is 12.4. The van der Waals surface area contributed by atoms with Crippen LogP contribution in [0.4, 0.5) is 5.69 Å². The first kappa shape index (κ1) is 13.5. The number of amides is 1. The summed E-state index contributed by atoms with van der Waals surface area (Å²) in [5.41, 5.74) is 10.4. The minimum Gasteiger partial charge on any atom is -0.496 e. The number of hydrogen-bond donors (Lipinski definition) is 1. The van der Waals surface area contributed by atoms with E-state index in [1.165, 1.54) is 0 Å². The van der Waals surface area contributed by atoms with Crippen LogP contribution >= 0.6 is 0 Å². The van der Waals surface area contributed by atoms with Gasteiger partial charge in [-0.25, -0.2) is 0 Å². The summed E-state index contributed by atoms with van der Waals surface area (Å²) in [7, 11) is 1.65. The number of rotatable bonds is 3. The Kier molecular flexibility index (Phi) is 3.29. The molecule has 3 rings (SSSR count). The van der Waals surface area contributed by atoms with Gasteiger partial charge in [-0.15, -0.1) is 0 Å². The second-order valence-corrected chi connectivity index (χ2v) is 5.39. The van der Waals surface area contributed by atoms with Crippen molar-refractivity contribution in [2.24, 2.45) is 0 Å². The van der Waals surface area contributed by atoms with Gasteiger partial charge in [0.25, 0.3) is 5.91 Å². The van der Waals surface area contributed by atoms with Crippen LogP contribution < -0.4 is 10.5 Å². The van der Waals surface area contributed by atoms with Crippen molar-refractivity contribution in [1.82, 2.24) is 4.90 Å². The molecule has 4 heteroatoms. The molecule has 2 N–H and O–H groups in total. The zero-order valence-electron chi connectivity index (χ0n) is 12.2. The summed E-state index contributed by atoms with van der Waals surface area (Å²) in [6, 6.07) is 11.5. The number of carbonyl (C=O) groups excluding carboxylic acids is 1. The highest BCUT2D eigenvalue weighted by Crippen LogP contribution is 2.28. The molecular formula is C17H18N2O2. The number of hydrogen-bond acceptors (Lipinski definition) is 3. The smallest absolute Gasteiger partial charge is 0.254 e. The second-order valence-electron chi connectivity index (χ2n) is 5.39. The van der Waals surface area contributed by atoms with Crippen LogP contribution in [0, 0.1) is 6.92 Å². The summed E-state index contributed by atoms with van der Waals surface area (Å²) in [6.07, 6.45) is 0. The largest absolute Gasteiger partial charge is 0.496 e. The Hall–Kier alpha value is -2.49. The molecule has 0 saturated carbocycles. The van der Waals surface area contributed by atoms with E-state index in [1.807, 2.05) is 36.1 Å². The third kappa shape index (κ3) is 2.44. The maximum absolute atomic E-state index is 12.4. The van der Waals surface area contributed by atoms with Gasteiger partial charge in [0.1, 0.15) is 5.75 Å². The van der Waals surface area contributed by atoms with Crippen molar-refractivity contribution >= 4 is 11.6 Å². The number of nitrogen functional groups attached to an aromatic ring is 1. The van der Waals surface area contributed by atoms with Gasteiger partial charge in [0, 0.05) is 29.9 Å². The SMILES string of the molecule is COc1cc(C)ccc1CN1Cc2cc(N)ccc2C1=O. The molecule has 0 unspecified atom stereocenters. The van der Waals surface area contributed by atoms with Gasteiger partial charge in [0.05, 0.1) is 7.11 Å². The first-order chi connectivity index (χ1) is 10.1. The highest BCUT2D eigenvalue weighted by Gasteiger charge is 2.27. The minimum absolute atomic E-state index is 0.0487. The summed E-state index contributed by atoms with van der Waals surface area (Å²) in [4.78, 5) is 14.2. The van der Waals surface area contributed by atoms with E-state index in [9.17, 15) is 4.79 Å². The predicted octanol–water partition coefficient (Wildman–Crippen LogP) is 2.74. The topological polar surface area (TPSA) is 55.6 Å². The Morgan fingerprint density at radius 3 is 2.81 bits per heavy atom. The molecule has 0 bridgehead atoms. The number of ether oxygens (including phenoxy) is 1. The van der Waals surface area contributed by atoms with Crippen LogP contribution in [-0.4, -0.2) is 17.9 Å². The summed E-state index contributed by atoms with van der Waals surface area (Å²) < 4.78 is 5.41. The van der Waals surface area contributed by atoms with Crippen LogP contribution in [0.15, 0.2) is 36.4 Å². The summed E-state index contributed by atoms with van der Waals surface area (Å²) >= 11 is 0. The number of nitrogens with two attached hydrogens (primary N) is 1. The molecule has 0 fully saturated rings. The van der Waals surface area contributed by atoms with Crippen LogP contribution in [0.3, 0.4) is 0 Å². The Bertz CT molecular complexity index is 710. The standard InChI is InChI=1S/C17H18N2O2/c1-11-3-4-12(16(7-11)21-2)9-19-10-13-8-14(18)5-6-15(13)17(19)20/h3-8H,9-10,18H2,1-2H3. The molecule has 0 aliphatic carbocycles. The van der Waals surface area contributed by atoms with Crippen molar-refractivity contribution in [3.8, 4) is 5.75 Å². The Morgan fingerprint density at radius 1 is 1.24 bits per heavy atom. The van der Waals surface area contributed by atoms with E-state index in [-0.39, 0.29) is 5.91 Å². The number of methoxy groups -OCH3 is 1. The van der Waals surface area contributed by atoms with Crippen molar-refractivity contribution < 1.29 is 9.53 Å². The molecule has 21 heavy (non-hydrogen) atoms. The number of nitrogens with zero attached hydrogens (tertiary/aromatic N) is 1. The van der Waals surface area contributed by atoms with Crippen LogP contribution in [-0.2, 0) is 13.1 Å². The average molecular weight is 282 g/mol. The Labute approximate surface area is 124 Å².